The average molecular weight is 445 g/mol. The van der Waals surface area contributed by atoms with Crippen molar-refractivity contribution in [2.75, 3.05) is 14.2 Å². The van der Waals surface area contributed by atoms with Crippen LogP contribution in [0.15, 0.2) is 24.3 Å². The van der Waals surface area contributed by atoms with Crippen LogP contribution in [0.3, 0.4) is 0 Å². The molecule has 0 radical (unpaired) electrons. The summed E-state index contributed by atoms with van der Waals surface area (Å²) in [6, 6.07) is 8.21. The molecule has 25 heavy (non-hydrogen) atoms. The average Bonchev–Trinajstić information content (AvgIpc) is 3.30. The topological polar surface area (TPSA) is 51.3 Å². The van der Waals surface area contributed by atoms with Gasteiger partial charge in [-0.2, -0.15) is 0 Å². The maximum absolute atomic E-state index is 11.6. The van der Waals surface area contributed by atoms with Gasteiger partial charge in [-0.1, -0.05) is 24.3 Å². The number of fused-ring (bicyclic) bond motifs is 9. The van der Waals surface area contributed by atoms with E-state index in [1.165, 1.54) is 16.7 Å². The first-order valence-electron chi connectivity index (χ1n) is 8.24. The van der Waals surface area contributed by atoms with Crippen molar-refractivity contribution in [2.45, 2.75) is 18.3 Å². The minimum Gasteiger partial charge on any atom is -0.496 e. The molecule has 0 amide bonds. The fraction of sp³-hybridized carbons (Fsp3) is 0.250. The number of aromatic amines is 1. The molecule has 2 bridgehead atoms. The van der Waals surface area contributed by atoms with Gasteiger partial charge in [-0.25, -0.2) is 0 Å². The second-order valence-electron chi connectivity index (χ2n) is 6.58. The van der Waals surface area contributed by atoms with Gasteiger partial charge in [0.25, 0.3) is 0 Å². The molecule has 0 aliphatic heterocycles. The van der Waals surface area contributed by atoms with Gasteiger partial charge < -0.3 is 14.5 Å². The fourth-order valence-corrected chi connectivity index (χ4v) is 5.82. The van der Waals surface area contributed by atoms with Gasteiger partial charge in [-0.3, -0.25) is 4.79 Å². The third-order valence-corrected chi connectivity index (χ3v) is 6.50. The molecule has 5 rings (SSSR count). The quantitative estimate of drug-likeness (QED) is 0.474. The number of rotatable bonds is 3. The lowest BCUT2D eigenvalue weighted by Gasteiger charge is -2.24. The third kappa shape index (κ3) is 1.74. The Balaban J connectivity index is 1.91. The number of hydrogen-bond acceptors (Lipinski definition) is 3. The second kappa shape index (κ2) is 5.24. The van der Waals surface area contributed by atoms with Crippen molar-refractivity contribution in [2.24, 2.45) is 0 Å². The van der Waals surface area contributed by atoms with E-state index in [1.54, 1.807) is 14.2 Å². The van der Waals surface area contributed by atoms with Crippen LogP contribution in [0, 0.1) is 3.70 Å². The zero-order chi connectivity index (χ0) is 17.3. The van der Waals surface area contributed by atoms with Gasteiger partial charge in [0, 0.05) is 33.7 Å². The lowest BCUT2D eigenvalue weighted by Crippen LogP contribution is -2.08. The first-order chi connectivity index (χ1) is 12.2. The Kier molecular flexibility index (Phi) is 3.20. The highest BCUT2D eigenvalue weighted by Crippen LogP contribution is 2.64. The molecule has 0 unspecified atom stereocenters. The standard InChI is InChI=1S/C20H16INO3/c1-24-18-9-5-3-4-6-10(9)19(25-2)16-12-7-11(15(16)18)14-13(8-23)22-20(21)17(12)14/h3-6,8,11-12,22H,7H2,1-2H3/t11-,12-/m0/s1. The Morgan fingerprint density at radius 1 is 1.00 bits per heavy atom. The number of hydrogen-bond donors (Lipinski definition) is 1. The van der Waals surface area contributed by atoms with E-state index in [4.69, 9.17) is 9.47 Å². The molecule has 1 heterocycles. The number of aldehydes is 1. The van der Waals surface area contributed by atoms with Crippen molar-refractivity contribution in [1.29, 1.82) is 0 Å². The highest BCUT2D eigenvalue weighted by molar-refractivity contribution is 14.1. The van der Waals surface area contributed by atoms with Crippen molar-refractivity contribution in [3.8, 4) is 11.5 Å². The first-order valence-corrected chi connectivity index (χ1v) is 9.32. The molecular formula is C20H16INO3. The van der Waals surface area contributed by atoms with E-state index >= 15 is 0 Å². The molecule has 0 saturated heterocycles. The first kappa shape index (κ1) is 15.3. The minimum absolute atomic E-state index is 0.184. The van der Waals surface area contributed by atoms with E-state index in [1.807, 2.05) is 12.1 Å². The summed E-state index contributed by atoms with van der Waals surface area (Å²) in [6.07, 6.45) is 1.92. The molecule has 2 atom stereocenters. The highest BCUT2D eigenvalue weighted by Gasteiger charge is 2.49. The van der Waals surface area contributed by atoms with Crippen molar-refractivity contribution >= 4 is 39.6 Å². The van der Waals surface area contributed by atoms with Crippen molar-refractivity contribution in [3.05, 3.63) is 55.9 Å². The molecular weight excluding hydrogens is 429 g/mol. The van der Waals surface area contributed by atoms with Crippen LogP contribution in [-0.2, 0) is 0 Å². The van der Waals surface area contributed by atoms with Crippen molar-refractivity contribution in [3.63, 3.8) is 0 Å². The van der Waals surface area contributed by atoms with Crippen LogP contribution in [0.2, 0.25) is 0 Å². The normalized spacial score (nSPS) is 19.8. The smallest absolute Gasteiger partial charge is 0.166 e. The summed E-state index contributed by atoms with van der Waals surface area (Å²) < 4.78 is 12.8. The lowest BCUT2D eigenvalue weighted by atomic mass is 9.84. The van der Waals surface area contributed by atoms with Crippen LogP contribution >= 0.6 is 22.6 Å². The summed E-state index contributed by atoms with van der Waals surface area (Å²) in [5, 5.41) is 2.14. The highest BCUT2D eigenvalue weighted by atomic mass is 127. The van der Waals surface area contributed by atoms with Gasteiger partial charge in [0.1, 0.15) is 11.5 Å². The summed E-state index contributed by atoms with van der Waals surface area (Å²) in [6.45, 7) is 0. The van der Waals surface area contributed by atoms with Crippen molar-refractivity contribution < 1.29 is 14.3 Å². The van der Waals surface area contributed by atoms with Crippen LogP contribution in [0.4, 0.5) is 0 Å². The minimum atomic E-state index is 0.184. The lowest BCUT2D eigenvalue weighted by molar-refractivity contribution is 0.111. The van der Waals surface area contributed by atoms with Gasteiger partial charge >= 0.3 is 0 Å². The zero-order valence-electron chi connectivity index (χ0n) is 13.9. The number of benzene rings is 2. The molecule has 5 heteroatoms. The number of ether oxygens (including phenoxy) is 2. The summed E-state index contributed by atoms with van der Waals surface area (Å²) in [4.78, 5) is 14.8. The molecule has 0 saturated carbocycles. The number of halogens is 1. The molecule has 2 aliphatic carbocycles. The molecule has 4 nitrogen and oxygen atoms in total. The number of nitrogens with one attached hydrogen (secondary N) is 1. The summed E-state index contributed by atoms with van der Waals surface area (Å²) in [5.74, 6) is 2.29. The van der Waals surface area contributed by atoms with E-state index < -0.39 is 0 Å². The Hall–Kier alpha value is -2.02. The van der Waals surface area contributed by atoms with E-state index in [0.717, 1.165) is 44.2 Å². The van der Waals surface area contributed by atoms with E-state index in [-0.39, 0.29) is 11.8 Å². The van der Waals surface area contributed by atoms with E-state index in [9.17, 15) is 4.79 Å². The number of H-pyrrole nitrogens is 1. The van der Waals surface area contributed by atoms with Crippen LogP contribution in [-0.4, -0.2) is 25.5 Å². The number of carbonyl (C=O) groups is 1. The molecule has 1 N–H and O–H groups in total. The Morgan fingerprint density at radius 3 is 2.08 bits per heavy atom. The zero-order valence-corrected chi connectivity index (χ0v) is 16.0. The van der Waals surface area contributed by atoms with Gasteiger partial charge in [0.05, 0.1) is 23.6 Å². The van der Waals surface area contributed by atoms with Crippen LogP contribution in [0.25, 0.3) is 10.8 Å². The predicted octanol–water partition coefficient (Wildman–Crippen LogP) is 4.58. The molecule has 126 valence electrons. The number of carbonyl (C=O) groups excluding carboxylic acids is 1. The van der Waals surface area contributed by atoms with E-state index in [0.29, 0.717) is 5.69 Å². The molecule has 2 aromatic carbocycles. The van der Waals surface area contributed by atoms with Crippen LogP contribution < -0.4 is 9.47 Å². The molecule has 1 aromatic heterocycles. The summed E-state index contributed by atoms with van der Waals surface area (Å²) in [5.41, 5.74) is 5.52. The Morgan fingerprint density at radius 2 is 1.56 bits per heavy atom. The predicted molar refractivity (Wildman–Crippen MR) is 104 cm³/mol. The van der Waals surface area contributed by atoms with Gasteiger partial charge in [0.15, 0.2) is 6.29 Å². The fourth-order valence-electron chi connectivity index (χ4n) is 4.87. The number of aromatic nitrogens is 1. The van der Waals surface area contributed by atoms with Crippen molar-refractivity contribution in [1.82, 2.24) is 4.98 Å². The molecule has 0 spiro atoms. The second-order valence-corrected chi connectivity index (χ2v) is 7.66. The van der Waals surface area contributed by atoms with Gasteiger partial charge in [-0.05, 0) is 40.1 Å². The summed E-state index contributed by atoms with van der Waals surface area (Å²) in [7, 11) is 3.46. The van der Waals surface area contributed by atoms with Gasteiger partial charge in [-0.15, -0.1) is 0 Å². The van der Waals surface area contributed by atoms with E-state index in [2.05, 4.69) is 39.7 Å². The maximum Gasteiger partial charge on any atom is 0.166 e. The Bertz CT molecular complexity index is 1050. The number of methoxy groups -OCH3 is 2. The van der Waals surface area contributed by atoms with Crippen LogP contribution in [0.1, 0.15) is 51.0 Å². The van der Waals surface area contributed by atoms with Gasteiger partial charge in [0.2, 0.25) is 0 Å². The SMILES string of the molecule is COc1c2c(c(OC)c3ccccc13)[C@H]1C[C@@H]2c2c(I)[nH]c(C=O)c21. The van der Waals surface area contributed by atoms with Crippen LogP contribution in [0.5, 0.6) is 11.5 Å². The largest absolute Gasteiger partial charge is 0.496 e. The Labute approximate surface area is 158 Å². The molecule has 0 fully saturated rings. The maximum atomic E-state index is 11.6. The monoisotopic (exact) mass is 445 g/mol. The molecule has 3 aromatic rings. The molecule has 2 aliphatic rings. The summed E-state index contributed by atoms with van der Waals surface area (Å²) >= 11 is 2.30. The third-order valence-electron chi connectivity index (χ3n) is 5.65.